The quantitative estimate of drug-likeness (QED) is 0.379. The van der Waals surface area contributed by atoms with Crippen LogP contribution in [-0.4, -0.2) is 63.9 Å². The standard InChI is InChI=1S/C12H14O3.C8H6O4.C2H6O2/c1-3-8-15-12(14)11-6-4-10(5-7-11)9(2)13;9-7(10)5-1-2-6(4-3-5)8(11)12;3-1-2-4/h4-7H,3,8H2,1-2H3;1-4H,(H,9,10)(H,11,12);3-4H,1-2H2. The summed E-state index contributed by atoms with van der Waals surface area (Å²) in [6.45, 7) is 3.60. The molecule has 0 fully saturated rings. The maximum atomic E-state index is 11.4. The van der Waals surface area contributed by atoms with Crippen molar-refractivity contribution in [2.24, 2.45) is 0 Å². The van der Waals surface area contributed by atoms with Gasteiger partial charge in [-0.25, -0.2) is 14.4 Å². The first-order valence-electron chi connectivity index (χ1n) is 9.24. The fraction of sp³-hybridized carbons (Fsp3) is 0.273. The van der Waals surface area contributed by atoms with E-state index in [0.717, 1.165) is 6.42 Å². The van der Waals surface area contributed by atoms with Crippen LogP contribution in [0.5, 0.6) is 0 Å². The molecule has 168 valence electrons. The summed E-state index contributed by atoms with van der Waals surface area (Å²) in [4.78, 5) is 43.0. The Kier molecular flexibility index (Phi) is 13.5. The molecule has 0 atom stereocenters. The van der Waals surface area contributed by atoms with Gasteiger partial charge in [-0.15, -0.1) is 0 Å². The first kappa shape index (κ1) is 27.4. The Hall–Kier alpha value is -3.56. The number of aromatic carboxylic acids is 2. The number of hydrogen-bond donors (Lipinski definition) is 4. The summed E-state index contributed by atoms with van der Waals surface area (Å²) >= 11 is 0. The van der Waals surface area contributed by atoms with Gasteiger partial charge in [-0.05, 0) is 49.7 Å². The average Bonchev–Trinajstić information content (AvgIpc) is 2.78. The van der Waals surface area contributed by atoms with Gasteiger partial charge >= 0.3 is 17.9 Å². The Morgan fingerprint density at radius 2 is 1.06 bits per heavy atom. The van der Waals surface area contributed by atoms with E-state index in [-0.39, 0.29) is 36.1 Å². The predicted molar refractivity (Wildman–Crippen MR) is 112 cm³/mol. The van der Waals surface area contributed by atoms with Crippen LogP contribution < -0.4 is 0 Å². The van der Waals surface area contributed by atoms with E-state index in [0.29, 0.717) is 17.7 Å². The highest BCUT2D eigenvalue weighted by atomic mass is 16.5. The molecule has 0 aliphatic rings. The minimum Gasteiger partial charge on any atom is -0.478 e. The van der Waals surface area contributed by atoms with Gasteiger partial charge in [0, 0.05) is 5.56 Å². The number of aliphatic hydroxyl groups is 2. The molecule has 9 nitrogen and oxygen atoms in total. The van der Waals surface area contributed by atoms with Crippen molar-refractivity contribution in [1.82, 2.24) is 0 Å². The van der Waals surface area contributed by atoms with Gasteiger partial charge in [-0.3, -0.25) is 4.79 Å². The number of Topliss-reactive ketones (excluding diaryl/α,β-unsaturated/α-hetero) is 1. The van der Waals surface area contributed by atoms with Gasteiger partial charge < -0.3 is 25.2 Å². The van der Waals surface area contributed by atoms with E-state index < -0.39 is 11.9 Å². The topological polar surface area (TPSA) is 158 Å². The van der Waals surface area contributed by atoms with Crippen molar-refractivity contribution in [3.8, 4) is 0 Å². The predicted octanol–water partition coefficient (Wildman–Crippen LogP) is 2.51. The van der Waals surface area contributed by atoms with Crippen LogP contribution in [-0.2, 0) is 4.74 Å². The fourth-order valence-corrected chi connectivity index (χ4v) is 1.87. The molecule has 0 unspecified atom stereocenters. The molecule has 9 heteroatoms. The fourth-order valence-electron chi connectivity index (χ4n) is 1.87. The van der Waals surface area contributed by atoms with Crippen LogP contribution in [0.2, 0.25) is 0 Å². The van der Waals surface area contributed by atoms with E-state index >= 15 is 0 Å². The van der Waals surface area contributed by atoms with Crippen LogP contribution in [0.1, 0.15) is 61.7 Å². The van der Waals surface area contributed by atoms with Crippen molar-refractivity contribution in [2.45, 2.75) is 20.3 Å². The zero-order chi connectivity index (χ0) is 23.8. The summed E-state index contributed by atoms with van der Waals surface area (Å²) in [6, 6.07) is 11.5. The van der Waals surface area contributed by atoms with E-state index in [1.54, 1.807) is 24.3 Å². The number of ether oxygens (including phenoxy) is 1. The molecular formula is C22H26O9. The van der Waals surface area contributed by atoms with E-state index in [4.69, 9.17) is 25.2 Å². The Balaban J connectivity index is 0.000000504. The highest BCUT2D eigenvalue weighted by molar-refractivity contribution is 5.96. The molecule has 0 aromatic heterocycles. The maximum absolute atomic E-state index is 11.4. The van der Waals surface area contributed by atoms with Crippen molar-refractivity contribution in [2.75, 3.05) is 19.8 Å². The average molecular weight is 434 g/mol. The second-order valence-corrected chi connectivity index (χ2v) is 5.90. The van der Waals surface area contributed by atoms with Gasteiger partial charge in [-0.1, -0.05) is 19.1 Å². The van der Waals surface area contributed by atoms with Crippen LogP contribution in [0.3, 0.4) is 0 Å². The van der Waals surface area contributed by atoms with E-state index in [9.17, 15) is 19.2 Å². The lowest BCUT2D eigenvalue weighted by atomic mass is 10.1. The monoisotopic (exact) mass is 434 g/mol. The molecule has 0 heterocycles. The van der Waals surface area contributed by atoms with Crippen molar-refractivity contribution < 1.29 is 44.3 Å². The minimum atomic E-state index is -1.06. The van der Waals surface area contributed by atoms with Gasteiger partial charge in [0.1, 0.15) is 0 Å². The molecule has 0 spiro atoms. The Morgan fingerprint density at radius 1 is 0.710 bits per heavy atom. The number of benzene rings is 2. The van der Waals surface area contributed by atoms with E-state index in [1.807, 2.05) is 6.92 Å². The third kappa shape index (κ3) is 11.3. The van der Waals surface area contributed by atoms with Crippen molar-refractivity contribution in [3.05, 3.63) is 70.8 Å². The first-order valence-corrected chi connectivity index (χ1v) is 9.24. The minimum absolute atomic E-state index is 0.0107. The van der Waals surface area contributed by atoms with Crippen LogP contribution in [0.4, 0.5) is 0 Å². The molecule has 2 aromatic rings. The second kappa shape index (κ2) is 15.3. The number of rotatable bonds is 7. The number of carbonyl (C=O) groups excluding carboxylic acids is 2. The lowest BCUT2D eigenvalue weighted by Crippen LogP contribution is -2.06. The molecule has 2 rings (SSSR count). The van der Waals surface area contributed by atoms with Crippen LogP contribution in [0.25, 0.3) is 0 Å². The lowest BCUT2D eigenvalue weighted by Gasteiger charge is -2.03. The van der Waals surface area contributed by atoms with Crippen LogP contribution >= 0.6 is 0 Å². The van der Waals surface area contributed by atoms with Gasteiger partial charge in [0.2, 0.25) is 0 Å². The molecule has 31 heavy (non-hydrogen) atoms. The zero-order valence-corrected chi connectivity index (χ0v) is 17.3. The molecule has 0 saturated heterocycles. The molecule has 0 radical (unpaired) electrons. The molecule has 0 amide bonds. The Labute approximate surface area is 179 Å². The molecule has 2 aromatic carbocycles. The van der Waals surface area contributed by atoms with Gasteiger partial charge in [-0.2, -0.15) is 0 Å². The lowest BCUT2D eigenvalue weighted by molar-refractivity contribution is 0.0504. The maximum Gasteiger partial charge on any atom is 0.338 e. The van der Waals surface area contributed by atoms with Crippen LogP contribution in [0.15, 0.2) is 48.5 Å². The Bertz CT molecular complexity index is 805. The zero-order valence-electron chi connectivity index (χ0n) is 17.3. The Morgan fingerprint density at radius 3 is 1.35 bits per heavy atom. The van der Waals surface area contributed by atoms with E-state index in [1.165, 1.54) is 31.2 Å². The summed E-state index contributed by atoms with van der Waals surface area (Å²) in [6.07, 6.45) is 0.803. The largest absolute Gasteiger partial charge is 0.478 e. The van der Waals surface area contributed by atoms with E-state index in [2.05, 4.69) is 0 Å². The van der Waals surface area contributed by atoms with Crippen LogP contribution in [0, 0.1) is 0 Å². The van der Waals surface area contributed by atoms with Crippen molar-refractivity contribution >= 4 is 23.7 Å². The molecule has 0 bridgehead atoms. The second-order valence-electron chi connectivity index (χ2n) is 5.90. The summed E-state index contributed by atoms with van der Waals surface area (Å²) < 4.78 is 4.95. The number of ketones is 1. The van der Waals surface area contributed by atoms with Crippen molar-refractivity contribution in [1.29, 1.82) is 0 Å². The SMILES string of the molecule is CCCOC(=O)c1ccc(C(C)=O)cc1.O=C(O)c1ccc(C(=O)O)cc1.OCCO. The normalized spacial score (nSPS) is 9.29. The summed E-state index contributed by atoms with van der Waals surface area (Å²) in [5, 5.41) is 32.2. The molecular weight excluding hydrogens is 408 g/mol. The number of carboxylic acid groups (broad SMARTS) is 2. The molecule has 0 aliphatic carbocycles. The summed E-state index contributed by atoms with van der Waals surface area (Å²) in [7, 11) is 0. The summed E-state index contributed by atoms with van der Waals surface area (Å²) in [5.41, 5.74) is 1.25. The van der Waals surface area contributed by atoms with Gasteiger partial charge in [0.05, 0.1) is 36.5 Å². The highest BCUT2D eigenvalue weighted by Gasteiger charge is 2.07. The number of aliphatic hydroxyl groups excluding tert-OH is 2. The molecule has 0 saturated carbocycles. The first-order chi connectivity index (χ1) is 14.7. The van der Waals surface area contributed by atoms with Gasteiger partial charge in [0.15, 0.2) is 5.78 Å². The molecule has 4 N–H and O–H groups in total. The smallest absolute Gasteiger partial charge is 0.338 e. The molecule has 0 aliphatic heterocycles. The number of carboxylic acids is 2. The third-order valence-electron chi connectivity index (χ3n) is 3.44. The summed E-state index contributed by atoms with van der Waals surface area (Å²) in [5.74, 6) is -2.48. The van der Waals surface area contributed by atoms with Gasteiger partial charge in [0.25, 0.3) is 0 Å². The number of hydrogen-bond acceptors (Lipinski definition) is 7. The number of esters is 1. The third-order valence-corrected chi connectivity index (χ3v) is 3.44. The number of carbonyl (C=O) groups is 4. The van der Waals surface area contributed by atoms with Crippen molar-refractivity contribution in [3.63, 3.8) is 0 Å². The highest BCUT2D eigenvalue weighted by Crippen LogP contribution is 2.07.